The van der Waals surface area contributed by atoms with Crippen molar-refractivity contribution >= 4 is 14.8 Å². The van der Waals surface area contributed by atoms with Gasteiger partial charge in [0.05, 0.1) is 6.10 Å². The van der Waals surface area contributed by atoms with Crippen LogP contribution in [0.4, 0.5) is 0 Å². The predicted molar refractivity (Wildman–Crippen MR) is 72.6 cm³/mol. The number of hydrogen-bond donors (Lipinski definition) is 1. The highest BCUT2D eigenvalue weighted by Gasteiger charge is 2.37. The van der Waals surface area contributed by atoms with E-state index >= 15 is 0 Å². The minimum absolute atomic E-state index is 0.0345. The van der Waals surface area contributed by atoms with E-state index in [1.54, 1.807) is 28.3 Å². The molecule has 1 atom stereocenters. The Hall–Kier alpha value is -0.733. The number of aliphatic hydroxyl groups excluding tert-OH is 1. The number of rotatable bonds is 10. The maximum Gasteiger partial charge on any atom is 0.500 e. The zero-order valence-corrected chi connectivity index (χ0v) is 13.1. The Bertz CT molecular complexity index is 282. The van der Waals surface area contributed by atoms with Crippen molar-refractivity contribution in [2.24, 2.45) is 0 Å². The van der Waals surface area contributed by atoms with Gasteiger partial charge in [-0.1, -0.05) is 6.58 Å². The van der Waals surface area contributed by atoms with Crippen molar-refractivity contribution in [2.45, 2.75) is 31.9 Å². The summed E-state index contributed by atoms with van der Waals surface area (Å²) in [6, 6.07) is 0.599. The van der Waals surface area contributed by atoms with Gasteiger partial charge in [-0.2, -0.15) is 0 Å². The second-order valence-corrected chi connectivity index (χ2v) is 7.31. The highest BCUT2D eigenvalue weighted by Crippen LogP contribution is 2.17. The summed E-state index contributed by atoms with van der Waals surface area (Å²) in [7, 11) is 2.06. The van der Waals surface area contributed by atoms with Crippen LogP contribution in [-0.4, -0.2) is 53.9 Å². The number of aliphatic hydroxyl groups is 1. The SMILES string of the molecule is C=C(C)C(=O)OCC(O)CCC[Si](OC)(OC)OC. The second-order valence-electron chi connectivity index (χ2n) is 4.22. The molecule has 6 nitrogen and oxygen atoms in total. The Morgan fingerprint density at radius 1 is 1.26 bits per heavy atom. The van der Waals surface area contributed by atoms with E-state index in [-0.39, 0.29) is 6.61 Å². The van der Waals surface area contributed by atoms with E-state index in [1.165, 1.54) is 0 Å². The normalized spacial score (nSPS) is 13.1. The van der Waals surface area contributed by atoms with E-state index in [2.05, 4.69) is 6.58 Å². The summed E-state index contributed by atoms with van der Waals surface area (Å²) in [5.74, 6) is -0.492. The lowest BCUT2D eigenvalue weighted by atomic mass is 10.2. The number of ether oxygens (including phenoxy) is 1. The number of carbonyl (C=O) groups excluding carboxylic acids is 1. The van der Waals surface area contributed by atoms with Crippen molar-refractivity contribution < 1.29 is 27.9 Å². The topological polar surface area (TPSA) is 74.2 Å². The lowest BCUT2D eigenvalue weighted by molar-refractivity contribution is -0.142. The van der Waals surface area contributed by atoms with Crippen molar-refractivity contribution in [1.29, 1.82) is 0 Å². The molecule has 0 spiro atoms. The van der Waals surface area contributed by atoms with Gasteiger partial charge in [-0.15, -0.1) is 0 Å². The van der Waals surface area contributed by atoms with E-state index in [1.807, 2.05) is 0 Å². The Morgan fingerprint density at radius 3 is 2.21 bits per heavy atom. The first kappa shape index (κ1) is 18.3. The third-order valence-electron chi connectivity index (χ3n) is 2.71. The standard InChI is InChI=1S/C12H24O6Si/c1-10(2)12(14)18-9-11(13)7-6-8-19(15-3,16-4)17-5/h11,13H,1,6-9H2,2-5H3. The molecule has 0 aliphatic heterocycles. The van der Waals surface area contributed by atoms with Crippen molar-refractivity contribution in [3.8, 4) is 0 Å². The molecule has 7 heteroatoms. The summed E-state index contributed by atoms with van der Waals surface area (Å²) in [6.45, 7) is 4.99. The zero-order valence-electron chi connectivity index (χ0n) is 12.1. The molecule has 112 valence electrons. The lowest BCUT2D eigenvalue weighted by Gasteiger charge is -2.24. The molecule has 0 bridgehead atoms. The molecule has 0 aromatic carbocycles. The van der Waals surface area contributed by atoms with Crippen LogP contribution in [0.5, 0.6) is 0 Å². The smallest absolute Gasteiger partial charge is 0.460 e. The van der Waals surface area contributed by atoms with Crippen molar-refractivity contribution in [3.63, 3.8) is 0 Å². The van der Waals surface area contributed by atoms with Crippen LogP contribution >= 0.6 is 0 Å². The van der Waals surface area contributed by atoms with Gasteiger partial charge in [0.15, 0.2) is 0 Å². The molecule has 1 unspecified atom stereocenters. The van der Waals surface area contributed by atoms with Crippen LogP contribution in [0.15, 0.2) is 12.2 Å². The van der Waals surface area contributed by atoms with Crippen molar-refractivity contribution in [2.75, 3.05) is 27.9 Å². The van der Waals surface area contributed by atoms with Gasteiger partial charge in [-0.05, 0) is 19.8 Å². The van der Waals surface area contributed by atoms with Gasteiger partial charge in [0, 0.05) is 32.9 Å². The lowest BCUT2D eigenvalue weighted by Crippen LogP contribution is -2.42. The fraction of sp³-hybridized carbons (Fsp3) is 0.750. The van der Waals surface area contributed by atoms with E-state index in [0.717, 1.165) is 0 Å². The average molecular weight is 292 g/mol. The maximum absolute atomic E-state index is 11.1. The van der Waals surface area contributed by atoms with Gasteiger partial charge in [0.1, 0.15) is 6.61 Å². The molecule has 0 rings (SSSR count). The zero-order chi connectivity index (χ0) is 14.9. The monoisotopic (exact) mass is 292 g/mol. The van der Waals surface area contributed by atoms with Crippen LogP contribution in [0.1, 0.15) is 19.8 Å². The summed E-state index contributed by atoms with van der Waals surface area (Å²) in [5, 5.41) is 9.68. The Morgan fingerprint density at radius 2 is 1.79 bits per heavy atom. The first-order chi connectivity index (χ1) is 8.90. The van der Waals surface area contributed by atoms with Gasteiger partial charge in [0.25, 0.3) is 0 Å². The van der Waals surface area contributed by atoms with Crippen molar-refractivity contribution in [3.05, 3.63) is 12.2 Å². The van der Waals surface area contributed by atoms with E-state index in [0.29, 0.717) is 24.5 Å². The highest BCUT2D eigenvalue weighted by molar-refractivity contribution is 6.60. The van der Waals surface area contributed by atoms with Crippen LogP contribution in [0.3, 0.4) is 0 Å². The number of carbonyl (C=O) groups is 1. The molecular formula is C12H24O6Si. The van der Waals surface area contributed by atoms with Crippen LogP contribution in [0.2, 0.25) is 6.04 Å². The molecule has 19 heavy (non-hydrogen) atoms. The Balaban J connectivity index is 3.94. The number of hydrogen-bond acceptors (Lipinski definition) is 6. The third kappa shape index (κ3) is 6.83. The minimum Gasteiger partial charge on any atom is -0.460 e. The molecule has 0 aliphatic rings. The van der Waals surface area contributed by atoms with Crippen LogP contribution in [0.25, 0.3) is 0 Å². The van der Waals surface area contributed by atoms with Gasteiger partial charge in [-0.25, -0.2) is 4.79 Å². The average Bonchev–Trinajstić information content (AvgIpc) is 2.41. The molecule has 0 amide bonds. The fourth-order valence-corrected chi connectivity index (χ4v) is 3.24. The molecule has 0 fully saturated rings. The highest BCUT2D eigenvalue weighted by atomic mass is 28.4. The predicted octanol–water partition coefficient (Wildman–Crippen LogP) is 1.12. The van der Waals surface area contributed by atoms with E-state index in [9.17, 15) is 9.90 Å². The third-order valence-corrected chi connectivity index (χ3v) is 5.54. The van der Waals surface area contributed by atoms with Crippen molar-refractivity contribution in [1.82, 2.24) is 0 Å². The van der Waals surface area contributed by atoms with Crippen LogP contribution in [0, 0.1) is 0 Å². The minimum atomic E-state index is -2.58. The molecule has 0 radical (unpaired) electrons. The van der Waals surface area contributed by atoms with Gasteiger partial charge in [0.2, 0.25) is 0 Å². The summed E-state index contributed by atoms with van der Waals surface area (Å²) in [4.78, 5) is 11.1. The van der Waals surface area contributed by atoms with Gasteiger partial charge in [-0.3, -0.25) is 0 Å². The maximum atomic E-state index is 11.1. The molecule has 0 aromatic rings. The molecular weight excluding hydrogens is 268 g/mol. The fourth-order valence-electron chi connectivity index (χ4n) is 1.49. The first-order valence-electron chi connectivity index (χ1n) is 6.07. The van der Waals surface area contributed by atoms with Crippen LogP contribution in [-0.2, 0) is 22.8 Å². The van der Waals surface area contributed by atoms with Gasteiger partial charge < -0.3 is 23.1 Å². The first-order valence-corrected chi connectivity index (χ1v) is 8.00. The summed E-state index contributed by atoms with van der Waals surface area (Å²) in [5.41, 5.74) is 0.316. The summed E-state index contributed by atoms with van der Waals surface area (Å²) < 4.78 is 20.6. The Kier molecular flexibility index (Phi) is 8.86. The molecule has 0 aliphatic carbocycles. The molecule has 0 saturated heterocycles. The van der Waals surface area contributed by atoms with Gasteiger partial charge >= 0.3 is 14.8 Å². The summed E-state index contributed by atoms with van der Waals surface area (Å²) >= 11 is 0. The van der Waals surface area contributed by atoms with Crippen LogP contribution < -0.4 is 0 Å². The molecule has 0 aromatic heterocycles. The molecule has 1 N–H and O–H groups in total. The molecule has 0 saturated carbocycles. The number of esters is 1. The second kappa shape index (κ2) is 9.22. The van der Waals surface area contributed by atoms with E-state index in [4.69, 9.17) is 18.0 Å². The van der Waals surface area contributed by atoms with E-state index < -0.39 is 20.9 Å². The largest absolute Gasteiger partial charge is 0.500 e. The quantitative estimate of drug-likeness (QED) is 0.369. The Labute approximate surface area is 115 Å². The molecule has 0 heterocycles. The summed E-state index contributed by atoms with van der Waals surface area (Å²) in [6.07, 6.45) is 0.433.